The van der Waals surface area contributed by atoms with Crippen LogP contribution in [-0.4, -0.2) is 23.7 Å². The van der Waals surface area contributed by atoms with Gasteiger partial charge < -0.3 is 15.6 Å². The largest absolute Gasteiger partial charge is 0.325 e. The Balaban J connectivity index is 2.23. The second-order valence-electron chi connectivity index (χ2n) is 4.78. The zero-order valence-corrected chi connectivity index (χ0v) is 10.4. The van der Waals surface area contributed by atoms with E-state index in [0.717, 1.165) is 25.9 Å². The molecule has 0 saturated carbocycles. The minimum atomic E-state index is 0.0362. The summed E-state index contributed by atoms with van der Waals surface area (Å²) in [7, 11) is 0. The number of pyridine rings is 1. The summed E-state index contributed by atoms with van der Waals surface area (Å²) in [5.41, 5.74) is 7.29. The van der Waals surface area contributed by atoms with Crippen LogP contribution in [0.2, 0.25) is 0 Å². The summed E-state index contributed by atoms with van der Waals surface area (Å²) in [6, 6.07) is 3.73. The van der Waals surface area contributed by atoms with Crippen LogP contribution >= 0.6 is 0 Å². The summed E-state index contributed by atoms with van der Waals surface area (Å²) in [4.78, 5) is 11.9. The Kier molecular flexibility index (Phi) is 3.97. The first-order chi connectivity index (χ1) is 8.22. The molecule has 0 bridgehead atoms. The van der Waals surface area contributed by atoms with Crippen LogP contribution in [0.25, 0.3) is 0 Å². The summed E-state index contributed by atoms with van der Waals surface area (Å²) in [5, 5.41) is 3.23. The maximum atomic E-state index is 11.9. The number of nitrogens with two attached hydrogens (primary N) is 1. The fourth-order valence-electron chi connectivity index (χ4n) is 2.33. The number of hydrogen-bond acceptors (Lipinski definition) is 3. The lowest BCUT2D eigenvalue weighted by molar-refractivity contribution is 0.475. The standard InChI is InChI=1S/C13H21N3O/c1-2-3-4-10-5-6-13(17)16(9-10)12-8-15-7-11(12)14/h5-6,9,11-12,15H,2-4,7-8,14H2,1H3/t11-,12-/m0/s1. The van der Waals surface area contributed by atoms with Crippen molar-refractivity contribution < 1.29 is 0 Å². The van der Waals surface area contributed by atoms with Crippen molar-refractivity contribution in [2.75, 3.05) is 13.1 Å². The molecule has 4 nitrogen and oxygen atoms in total. The summed E-state index contributed by atoms with van der Waals surface area (Å²) in [5.74, 6) is 0. The van der Waals surface area contributed by atoms with Crippen LogP contribution < -0.4 is 16.6 Å². The molecule has 1 aromatic rings. The minimum absolute atomic E-state index is 0.0362. The zero-order chi connectivity index (χ0) is 12.3. The van der Waals surface area contributed by atoms with E-state index < -0.39 is 0 Å². The fourth-order valence-corrected chi connectivity index (χ4v) is 2.33. The molecular weight excluding hydrogens is 214 g/mol. The Morgan fingerprint density at radius 2 is 2.29 bits per heavy atom. The second-order valence-corrected chi connectivity index (χ2v) is 4.78. The maximum Gasteiger partial charge on any atom is 0.250 e. The van der Waals surface area contributed by atoms with Gasteiger partial charge in [0.1, 0.15) is 0 Å². The van der Waals surface area contributed by atoms with Gasteiger partial charge in [-0.1, -0.05) is 19.4 Å². The van der Waals surface area contributed by atoms with Gasteiger partial charge in [-0.2, -0.15) is 0 Å². The van der Waals surface area contributed by atoms with Crippen LogP contribution in [0.1, 0.15) is 31.4 Å². The lowest BCUT2D eigenvalue weighted by Crippen LogP contribution is -2.36. The predicted molar refractivity (Wildman–Crippen MR) is 69.2 cm³/mol. The smallest absolute Gasteiger partial charge is 0.250 e. The topological polar surface area (TPSA) is 60.0 Å². The molecule has 3 N–H and O–H groups in total. The lowest BCUT2D eigenvalue weighted by atomic mass is 10.1. The van der Waals surface area contributed by atoms with Gasteiger partial charge in [0.25, 0.3) is 5.56 Å². The number of hydrogen-bond donors (Lipinski definition) is 2. The fraction of sp³-hybridized carbons (Fsp3) is 0.615. The van der Waals surface area contributed by atoms with E-state index in [4.69, 9.17) is 5.73 Å². The first-order valence-electron chi connectivity index (χ1n) is 6.39. The highest BCUT2D eigenvalue weighted by atomic mass is 16.1. The number of rotatable bonds is 4. The van der Waals surface area contributed by atoms with Crippen LogP contribution in [0.4, 0.5) is 0 Å². The molecule has 0 aliphatic carbocycles. The molecule has 2 rings (SSSR count). The highest BCUT2D eigenvalue weighted by Gasteiger charge is 2.25. The third-order valence-corrected chi connectivity index (χ3v) is 3.40. The molecule has 2 atom stereocenters. The van der Waals surface area contributed by atoms with Gasteiger partial charge in [-0.3, -0.25) is 4.79 Å². The average Bonchev–Trinajstić information content (AvgIpc) is 2.74. The molecule has 17 heavy (non-hydrogen) atoms. The minimum Gasteiger partial charge on any atom is -0.325 e. The molecule has 1 fully saturated rings. The Morgan fingerprint density at radius 1 is 1.47 bits per heavy atom. The predicted octanol–water partition coefficient (Wildman–Crippen LogP) is 0.663. The Morgan fingerprint density at radius 3 is 2.94 bits per heavy atom. The lowest BCUT2D eigenvalue weighted by Gasteiger charge is -2.18. The van der Waals surface area contributed by atoms with E-state index in [0.29, 0.717) is 0 Å². The molecule has 0 aromatic carbocycles. The van der Waals surface area contributed by atoms with Crippen molar-refractivity contribution in [2.24, 2.45) is 5.73 Å². The van der Waals surface area contributed by atoms with E-state index >= 15 is 0 Å². The van der Waals surface area contributed by atoms with Crippen molar-refractivity contribution in [1.82, 2.24) is 9.88 Å². The van der Waals surface area contributed by atoms with Gasteiger partial charge in [0.05, 0.1) is 6.04 Å². The number of nitrogens with one attached hydrogen (secondary N) is 1. The molecule has 1 aliphatic heterocycles. The zero-order valence-electron chi connectivity index (χ0n) is 10.4. The molecule has 1 saturated heterocycles. The van der Waals surface area contributed by atoms with Gasteiger partial charge in [0.15, 0.2) is 0 Å². The second kappa shape index (κ2) is 5.47. The third kappa shape index (κ3) is 2.76. The van der Waals surface area contributed by atoms with Gasteiger partial charge >= 0.3 is 0 Å². The molecule has 4 heteroatoms. The quantitative estimate of drug-likeness (QED) is 0.806. The molecule has 94 valence electrons. The number of unbranched alkanes of at least 4 members (excludes halogenated alkanes) is 1. The molecule has 1 aliphatic rings. The van der Waals surface area contributed by atoms with Gasteiger partial charge in [-0.15, -0.1) is 0 Å². The average molecular weight is 235 g/mol. The molecule has 0 spiro atoms. The van der Waals surface area contributed by atoms with Crippen molar-refractivity contribution in [2.45, 2.75) is 38.3 Å². The molecule has 1 aromatic heterocycles. The van der Waals surface area contributed by atoms with E-state index in [1.165, 1.54) is 12.0 Å². The SMILES string of the molecule is CCCCc1ccc(=O)n([C@H]2CNC[C@@H]2N)c1. The number of aryl methyl sites for hydroxylation is 1. The highest BCUT2D eigenvalue weighted by molar-refractivity contribution is 5.12. The van der Waals surface area contributed by atoms with Crippen molar-refractivity contribution in [3.05, 3.63) is 34.2 Å². The highest BCUT2D eigenvalue weighted by Crippen LogP contribution is 2.13. The monoisotopic (exact) mass is 235 g/mol. The van der Waals surface area contributed by atoms with E-state index in [2.05, 4.69) is 12.2 Å². The van der Waals surface area contributed by atoms with Crippen LogP contribution in [0, 0.1) is 0 Å². The van der Waals surface area contributed by atoms with Crippen LogP contribution in [-0.2, 0) is 6.42 Å². The van der Waals surface area contributed by atoms with Crippen LogP contribution in [0.5, 0.6) is 0 Å². The summed E-state index contributed by atoms with van der Waals surface area (Å²) in [6.07, 6.45) is 5.35. The third-order valence-electron chi connectivity index (χ3n) is 3.40. The van der Waals surface area contributed by atoms with E-state index in [1.54, 1.807) is 10.6 Å². The normalized spacial score (nSPS) is 24.1. The summed E-state index contributed by atoms with van der Waals surface area (Å²) in [6.45, 7) is 3.75. The summed E-state index contributed by atoms with van der Waals surface area (Å²) >= 11 is 0. The van der Waals surface area contributed by atoms with Crippen molar-refractivity contribution in [1.29, 1.82) is 0 Å². The molecule has 0 amide bonds. The first kappa shape index (κ1) is 12.3. The molecule has 0 radical (unpaired) electrons. The van der Waals surface area contributed by atoms with Gasteiger partial charge in [0, 0.05) is 31.4 Å². The maximum absolute atomic E-state index is 11.9. The van der Waals surface area contributed by atoms with E-state index in [1.807, 2.05) is 12.3 Å². The first-order valence-corrected chi connectivity index (χ1v) is 6.39. The van der Waals surface area contributed by atoms with Gasteiger partial charge in [0.2, 0.25) is 0 Å². The van der Waals surface area contributed by atoms with E-state index in [-0.39, 0.29) is 17.6 Å². The Labute approximate surface area is 102 Å². The molecule has 2 heterocycles. The van der Waals surface area contributed by atoms with Crippen molar-refractivity contribution in [3.63, 3.8) is 0 Å². The number of nitrogens with zero attached hydrogens (tertiary/aromatic N) is 1. The van der Waals surface area contributed by atoms with Gasteiger partial charge in [-0.05, 0) is 18.4 Å². The van der Waals surface area contributed by atoms with Gasteiger partial charge in [-0.25, -0.2) is 0 Å². The molecular formula is C13H21N3O. The van der Waals surface area contributed by atoms with E-state index in [9.17, 15) is 4.79 Å². The van der Waals surface area contributed by atoms with Crippen LogP contribution in [0.3, 0.4) is 0 Å². The Bertz CT molecular complexity index is 427. The van der Waals surface area contributed by atoms with Crippen molar-refractivity contribution in [3.8, 4) is 0 Å². The number of aromatic nitrogens is 1. The summed E-state index contributed by atoms with van der Waals surface area (Å²) < 4.78 is 1.80. The van der Waals surface area contributed by atoms with Crippen molar-refractivity contribution >= 4 is 0 Å². The molecule has 0 unspecified atom stereocenters. The van der Waals surface area contributed by atoms with Crippen LogP contribution in [0.15, 0.2) is 23.1 Å². The Hall–Kier alpha value is -1.13.